The van der Waals surface area contributed by atoms with Gasteiger partial charge >= 0.3 is 0 Å². The Morgan fingerprint density at radius 2 is 1.94 bits per heavy atom. The van der Waals surface area contributed by atoms with Crippen molar-refractivity contribution in [2.45, 2.75) is 6.54 Å². The SMILES string of the molecule is O=c1ccc(F)cn1Cc1ccc(Cl)cc1Cl. The minimum absolute atomic E-state index is 0.215. The number of benzene rings is 1. The molecule has 0 spiro atoms. The summed E-state index contributed by atoms with van der Waals surface area (Å²) >= 11 is 11.7. The minimum Gasteiger partial charge on any atom is -0.308 e. The second-order valence-electron chi connectivity index (χ2n) is 3.55. The van der Waals surface area contributed by atoms with Crippen LogP contribution in [0, 0.1) is 5.82 Å². The second-order valence-corrected chi connectivity index (χ2v) is 4.39. The van der Waals surface area contributed by atoms with Crippen molar-refractivity contribution in [2.75, 3.05) is 0 Å². The molecule has 5 heteroatoms. The topological polar surface area (TPSA) is 22.0 Å². The van der Waals surface area contributed by atoms with E-state index in [0.29, 0.717) is 15.6 Å². The molecule has 0 saturated heterocycles. The minimum atomic E-state index is -0.463. The number of nitrogens with zero attached hydrogens (tertiary/aromatic N) is 1. The van der Waals surface area contributed by atoms with E-state index in [4.69, 9.17) is 23.2 Å². The van der Waals surface area contributed by atoms with Crippen molar-refractivity contribution in [1.29, 1.82) is 0 Å². The first-order valence-corrected chi connectivity index (χ1v) is 5.62. The Morgan fingerprint density at radius 1 is 1.18 bits per heavy atom. The summed E-state index contributed by atoms with van der Waals surface area (Å²) in [6, 6.07) is 7.28. The van der Waals surface area contributed by atoms with Gasteiger partial charge in [0.25, 0.3) is 5.56 Å². The first-order chi connectivity index (χ1) is 8.06. The third kappa shape index (κ3) is 2.87. The Kier molecular flexibility index (Phi) is 3.50. The van der Waals surface area contributed by atoms with Crippen molar-refractivity contribution in [3.63, 3.8) is 0 Å². The standard InChI is InChI=1S/C12H8Cl2FNO/c13-9-2-1-8(11(14)5-9)6-16-7-10(15)3-4-12(16)17/h1-5,7H,6H2. The van der Waals surface area contributed by atoms with Gasteiger partial charge in [-0.2, -0.15) is 0 Å². The van der Waals surface area contributed by atoms with E-state index in [1.54, 1.807) is 18.2 Å². The number of hydrogen-bond acceptors (Lipinski definition) is 1. The van der Waals surface area contributed by atoms with Crippen LogP contribution >= 0.6 is 23.2 Å². The number of halogens is 3. The molecule has 0 atom stereocenters. The third-order valence-corrected chi connectivity index (χ3v) is 2.89. The Balaban J connectivity index is 2.38. The van der Waals surface area contributed by atoms with Crippen LogP contribution < -0.4 is 5.56 Å². The van der Waals surface area contributed by atoms with E-state index in [2.05, 4.69) is 0 Å². The van der Waals surface area contributed by atoms with Gasteiger partial charge < -0.3 is 4.57 Å². The molecule has 2 nitrogen and oxygen atoms in total. The largest absolute Gasteiger partial charge is 0.308 e. The molecule has 2 aromatic rings. The number of hydrogen-bond donors (Lipinski definition) is 0. The Bertz CT molecular complexity index is 610. The lowest BCUT2D eigenvalue weighted by molar-refractivity contribution is 0.595. The average molecular weight is 272 g/mol. The number of aromatic nitrogens is 1. The van der Waals surface area contributed by atoms with Crippen LogP contribution in [0.15, 0.2) is 41.3 Å². The fourth-order valence-corrected chi connectivity index (χ4v) is 1.93. The molecule has 2 rings (SSSR count). The molecule has 17 heavy (non-hydrogen) atoms. The molecule has 0 amide bonds. The molecule has 0 aliphatic heterocycles. The number of pyridine rings is 1. The monoisotopic (exact) mass is 271 g/mol. The van der Waals surface area contributed by atoms with Crippen LogP contribution in [0.2, 0.25) is 10.0 Å². The Hall–Kier alpha value is -1.32. The third-order valence-electron chi connectivity index (χ3n) is 2.30. The van der Waals surface area contributed by atoms with Crippen molar-refractivity contribution in [2.24, 2.45) is 0 Å². The highest BCUT2D eigenvalue weighted by Gasteiger charge is 2.04. The van der Waals surface area contributed by atoms with Crippen molar-refractivity contribution in [1.82, 2.24) is 4.57 Å². The smallest absolute Gasteiger partial charge is 0.251 e. The molecule has 0 aliphatic carbocycles. The van der Waals surface area contributed by atoms with Crippen LogP contribution in [0.3, 0.4) is 0 Å². The van der Waals surface area contributed by atoms with E-state index < -0.39 is 5.82 Å². The molecule has 0 unspecified atom stereocenters. The van der Waals surface area contributed by atoms with Gasteiger partial charge in [0.1, 0.15) is 5.82 Å². The second kappa shape index (κ2) is 4.90. The molecule has 1 heterocycles. The van der Waals surface area contributed by atoms with E-state index in [1.165, 1.54) is 10.6 Å². The van der Waals surface area contributed by atoms with Crippen LogP contribution in [0.4, 0.5) is 4.39 Å². The Morgan fingerprint density at radius 3 is 2.65 bits per heavy atom. The quantitative estimate of drug-likeness (QED) is 0.821. The lowest BCUT2D eigenvalue weighted by Crippen LogP contribution is -2.19. The van der Waals surface area contributed by atoms with Gasteiger partial charge in [0, 0.05) is 22.3 Å². The molecule has 0 fully saturated rings. The molecule has 0 aliphatic rings. The molecular formula is C12H8Cl2FNO. The normalized spacial score (nSPS) is 10.5. The Labute approximate surface area is 107 Å². The van der Waals surface area contributed by atoms with Crippen LogP contribution in [-0.4, -0.2) is 4.57 Å². The van der Waals surface area contributed by atoms with Crippen molar-refractivity contribution < 1.29 is 4.39 Å². The summed E-state index contributed by atoms with van der Waals surface area (Å²) in [5.41, 5.74) is 0.432. The lowest BCUT2D eigenvalue weighted by atomic mass is 10.2. The molecular weight excluding hydrogens is 264 g/mol. The molecule has 0 N–H and O–H groups in total. The summed E-state index contributed by atoms with van der Waals surface area (Å²) in [7, 11) is 0. The maximum absolute atomic E-state index is 13.0. The molecule has 1 aromatic heterocycles. The fourth-order valence-electron chi connectivity index (χ4n) is 1.46. The molecule has 0 bridgehead atoms. The van der Waals surface area contributed by atoms with Crippen molar-refractivity contribution in [3.8, 4) is 0 Å². The van der Waals surface area contributed by atoms with Gasteiger partial charge in [-0.25, -0.2) is 4.39 Å². The fraction of sp³-hybridized carbons (Fsp3) is 0.0833. The first kappa shape index (κ1) is 12.1. The summed E-state index contributed by atoms with van der Waals surface area (Å²) in [4.78, 5) is 11.5. The molecule has 0 saturated carbocycles. The van der Waals surface area contributed by atoms with Gasteiger partial charge in [-0.05, 0) is 23.8 Å². The average Bonchev–Trinajstić information content (AvgIpc) is 2.27. The van der Waals surface area contributed by atoms with E-state index >= 15 is 0 Å². The molecule has 0 radical (unpaired) electrons. The summed E-state index contributed by atoms with van der Waals surface area (Å²) in [5, 5.41) is 0.971. The zero-order chi connectivity index (χ0) is 12.4. The van der Waals surface area contributed by atoms with Crippen LogP contribution in [0.25, 0.3) is 0 Å². The van der Waals surface area contributed by atoms with E-state index in [9.17, 15) is 9.18 Å². The van der Waals surface area contributed by atoms with Gasteiger partial charge in [-0.3, -0.25) is 4.79 Å². The van der Waals surface area contributed by atoms with Crippen LogP contribution in [0.5, 0.6) is 0 Å². The van der Waals surface area contributed by atoms with Crippen molar-refractivity contribution >= 4 is 23.2 Å². The van der Waals surface area contributed by atoms with Crippen molar-refractivity contribution in [3.05, 3.63) is 68.3 Å². The van der Waals surface area contributed by atoms with E-state index in [1.807, 2.05) is 0 Å². The highest BCUT2D eigenvalue weighted by Crippen LogP contribution is 2.21. The summed E-state index contributed by atoms with van der Waals surface area (Å²) < 4.78 is 14.3. The van der Waals surface area contributed by atoms with Gasteiger partial charge in [-0.15, -0.1) is 0 Å². The maximum Gasteiger partial charge on any atom is 0.251 e. The van der Waals surface area contributed by atoms with Gasteiger partial charge in [0.2, 0.25) is 0 Å². The zero-order valence-corrected chi connectivity index (χ0v) is 10.2. The van der Waals surface area contributed by atoms with Crippen LogP contribution in [-0.2, 0) is 6.54 Å². The summed E-state index contributed by atoms with van der Waals surface area (Å²) in [6.07, 6.45) is 1.15. The van der Waals surface area contributed by atoms with Crippen LogP contribution in [0.1, 0.15) is 5.56 Å². The summed E-state index contributed by atoms with van der Waals surface area (Å²) in [5.74, 6) is -0.463. The lowest BCUT2D eigenvalue weighted by Gasteiger charge is -2.07. The van der Waals surface area contributed by atoms with Gasteiger partial charge in [0.05, 0.1) is 6.54 Å². The zero-order valence-electron chi connectivity index (χ0n) is 8.66. The highest BCUT2D eigenvalue weighted by molar-refractivity contribution is 6.35. The molecule has 88 valence electrons. The maximum atomic E-state index is 13.0. The van der Waals surface area contributed by atoms with Gasteiger partial charge in [-0.1, -0.05) is 29.3 Å². The van der Waals surface area contributed by atoms with Gasteiger partial charge in [0.15, 0.2) is 0 Å². The number of rotatable bonds is 2. The van der Waals surface area contributed by atoms with E-state index in [0.717, 1.165) is 12.3 Å². The predicted molar refractivity (Wildman–Crippen MR) is 66.2 cm³/mol. The highest BCUT2D eigenvalue weighted by atomic mass is 35.5. The first-order valence-electron chi connectivity index (χ1n) is 4.86. The predicted octanol–water partition coefficient (Wildman–Crippen LogP) is 3.34. The van der Waals surface area contributed by atoms with E-state index in [-0.39, 0.29) is 12.1 Å². The molecule has 1 aromatic carbocycles. The summed E-state index contributed by atoms with van der Waals surface area (Å²) in [6.45, 7) is 0.215.